The van der Waals surface area contributed by atoms with Crippen LogP contribution in [0.1, 0.15) is 40.2 Å². The van der Waals surface area contributed by atoms with E-state index in [-0.39, 0.29) is 11.9 Å². The number of carbonyl (C=O) groups excluding carboxylic acids is 1. The summed E-state index contributed by atoms with van der Waals surface area (Å²) in [7, 11) is 0. The van der Waals surface area contributed by atoms with Crippen molar-refractivity contribution in [1.82, 2.24) is 10.6 Å². The third kappa shape index (κ3) is 6.36. The lowest BCUT2D eigenvalue weighted by molar-refractivity contribution is -0.127. The molecule has 0 radical (unpaired) electrons. The smallest absolute Gasteiger partial charge is 0.260 e. The van der Waals surface area contributed by atoms with Crippen LogP contribution in [0.3, 0.4) is 0 Å². The van der Waals surface area contributed by atoms with Gasteiger partial charge in [-0.3, -0.25) is 4.79 Å². The quantitative estimate of drug-likeness (QED) is 0.813. The van der Waals surface area contributed by atoms with Crippen LogP contribution in [-0.2, 0) is 11.3 Å². The molecule has 1 aromatic rings. The molecule has 5 heteroatoms. The van der Waals surface area contributed by atoms with Crippen molar-refractivity contribution >= 4 is 17.5 Å². The highest BCUT2D eigenvalue weighted by Gasteiger charge is 2.16. The van der Waals surface area contributed by atoms with Crippen molar-refractivity contribution in [1.29, 1.82) is 0 Å². The van der Waals surface area contributed by atoms with Gasteiger partial charge in [0.15, 0.2) is 6.10 Å². The van der Waals surface area contributed by atoms with E-state index in [2.05, 4.69) is 24.5 Å². The predicted octanol–water partition coefficient (Wildman–Crippen LogP) is 3.13. The Morgan fingerprint density at radius 1 is 1.19 bits per heavy atom. The summed E-state index contributed by atoms with van der Waals surface area (Å²) in [6, 6.07) is 6.12. The maximum Gasteiger partial charge on any atom is 0.260 e. The Hall–Kier alpha value is -1.26. The molecule has 21 heavy (non-hydrogen) atoms. The maximum atomic E-state index is 11.8. The fraction of sp³-hybridized carbons (Fsp3) is 0.562. The van der Waals surface area contributed by atoms with Crippen LogP contribution in [0.25, 0.3) is 0 Å². The number of hydrogen-bond donors (Lipinski definition) is 2. The van der Waals surface area contributed by atoms with Crippen molar-refractivity contribution in [3.8, 4) is 5.75 Å². The van der Waals surface area contributed by atoms with E-state index in [1.165, 1.54) is 0 Å². The van der Waals surface area contributed by atoms with Gasteiger partial charge in [-0.05, 0) is 38.5 Å². The lowest BCUT2D eigenvalue weighted by atomic mass is 10.2. The normalized spacial score (nSPS) is 12.6. The van der Waals surface area contributed by atoms with E-state index < -0.39 is 6.10 Å². The van der Waals surface area contributed by atoms with Gasteiger partial charge in [-0.1, -0.05) is 31.5 Å². The van der Waals surface area contributed by atoms with E-state index in [1.54, 1.807) is 13.0 Å². The van der Waals surface area contributed by atoms with Crippen LogP contribution in [0.15, 0.2) is 18.2 Å². The summed E-state index contributed by atoms with van der Waals surface area (Å²) in [6.07, 6.45) is -0.579. The van der Waals surface area contributed by atoms with E-state index in [1.807, 2.05) is 26.0 Å². The highest BCUT2D eigenvalue weighted by atomic mass is 35.5. The summed E-state index contributed by atoms with van der Waals surface area (Å²) in [5, 5.41) is 6.65. The Kier molecular flexibility index (Phi) is 6.99. The molecule has 118 valence electrons. The van der Waals surface area contributed by atoms with Gasteiger partial charge in [-0.25, -0.2) is 0 Å². The van der Waals surface area contributed by atoms with Crippen molar-refractivity contribution in [2.24, 2.45) is 0 Å². The van der Waals surface area contributed by atoms with Crippen LogP contribution in [0.5, 0.6) is 5.75 Å². The first-order chi connectivity index (χ1) is 9.79. The molecule has 2 N–H and O–H groups in total. The molecule has 1 atom stereocenters. The standard InChI is InChI=1S/C16H25ClN2O2/c1-10(2)18-9-13-6-7-15(14(17)8-13)21-12(5)16(20)19-11(3)4/h6-8,10-12,18H,9H2,1-5H3,(H,19,20). The van der Waals surface area contributed by atoms with E-state index in [0.717, 1.165) is 12.1 Å². The molecule has 0 aliphatic rings. The molecule has 0 aliphatic heterocycles. The van der Waals surface area contributed by atoms with Gasteiger partial charge < -0.3 is 15.4 Å². The van der Waals surface area contributed by atoms with Crippen molar-refractivity contribution < 1.29 is 9.53 Å². The average molecular weight is 313 g/mol. The number of nitrogens with one attached hydrogen (secondary N) is 2. The molecule has 0 aliphatic carbocycles. The van der Waals surface area contributed by atoms with E-state index >= 15 is 0 Å². The fourth-order valence-electron chi connectivity index (χ4n) is 1.72. The largest absolute Gasteiger partial charge is 0.479 e. The SMILES string of the molecule is CC(C)NCc1ccc(OC(C)C(=O)NC(C)C)c(Cl)c1. The monoisotopic (exact) mass is 312 g/mol. The topological polar surface area (TPSA) is 50.4 Å². The molecular formula is C16H25ClN2O2. The zero-order chi connectivity index (χ0) is 16.0. The van der Waals surface area contributed by atoms with Gasteiger partial charge in [0, 0.05) is 18.6 Å². The van der Waals surface area contributed by atoms with Crippen LogP contribution in [0.2, 0.25) is 5.02 Å². The lowest BCUT2D eigenvalue weighted by Crippen LogP contribution is -2.40. The highest BCUT2D eigenvalue weighted by Crippen LogP contribution is 2.26. The summed E-state index contributed by atoms with van der Waals surface area (Å²) in [4.78, 5) is 11.8. The molecular weight excluding hydrogens is 288 g/mol. The van der Waals surface area contributed by atoms with Gasteiger partial charge in [0.1, 0.15) is 5.75 Å². The van der Waals surface area contributed by atoms with Crippen LogP contribution < -0.4 is 15.4 Å². The summed E-state index contributed by atoms with van der Waals surface area (Å²) < 4.78 is 5.62. The first-order valence-electron chi connectivity index (χ1n) is 7.28. The van der Waals surface area contributed by atoms with E-state index in [0.29, 0.717) is 16.8 Å². The second kappa shape index (κ2) is 8.25. The number of carbonyl (C=O) groups is 1. The van der Waals surface area contributed by atoms with Crippen molar-refractivity contribution in [3.63, 3.8) is 0 Å². The number of hydrogen-bond acceptors (Lipinski definition) is 3. The van der Waals surface area contributed by atoms with Gasteiger partial charge >= 0.3 is 0 Å². The van der Waals surface area contributed by atoms with Gasteiger partial charge in [-0.15, -0.1) is 0 Å². The Morgan fingerprint density at radius 3 is 2.38 bits per heavy atom. The maximum absolute atomic E-state index is 11.8. The minimum atomic E-state index is -0.579. The van der Waals surface area contributed by atoms with Crippen LogP contribution in [0, 0.1) is 0 Å². The Labute approximate surface area is 132 Å². The molecule has 0 aromatic heterocycles. The molecule has 0 fully saturated rings. The Bertz CT molecular complexity index is 475. The number of amides is 1. The molecule has 0 heterocycles. The molecule has 4 nitrogen and oxygen atoms in total. The molecule has 0 saturated carbocycles. The molecule has 1 rings (SSSR count). The molecule has 0 saturated heterocycles. The summed E-state index contributed by atoms with van der Waals surface area (Å²) in [6.45, 7) is 10.5. The lowest BCUT2D eigenvalue weighted by Gasteiger charge is -2.17. The second-order valence-corrected chi connectivity index (χ2v) is 6.13. The highest BCUT2D eigenvalue weighted by molar-refractivity contribution is 6.32. The zero-order valence-corrected chi connectivity index (χ0v) is 14.1. The zero-order valence-electron chi connectivity index (χ0n) is 13.4. The fourth-order valence-corrected chi connectivity index (χ4v) is 1.97. The second-order valence-electron chi connectivity index (χ2n) is 5.72. The summed E-state index contributed by atoms with van der Waals surface area (Å²) >= 11 is 6.21. The van der Waals surface area contributed by atoms with Crippen molar-refractivity contribution in [2.45, 2.75) is 59.4 Å². The number of rotatable bonds is 7. The molecule has 1 aromatic carbocycles. The van der Waals surface area contributed by atoms with E-state index in [9.17, 15) is 4.79 Å². The first-order valence-corrected chi connectivity index (χ1v) is 7.66. The number of halogens is 1. The van der Waals surface area contributed by atoms with Gasteiger partial charge in [0.25, 0.3) is 5.91 Å². The van der Waals surface area contributed by atoms with Gasteiger partial charge in [0.05, 0.1) is 5.02 Å². The third-order valence-electron chi connectivity index (χ3n) is 2.81. The third-order valence-corrected chi connectivity index (χ3v) is 3.11. The number of benzene rings is 1. The van der Waals surface area contributed by atoms with Crippen LogP contribution in [-0.4, -0.2) is 24.1 Å². The molecule has 1 amide bonds. The van der Waals surface area contributed by atoms with Gasteiger partial charge in [-0.2, -0.15) is 0 Å². The Morgan fingerprint density at radius 2 is 1.86 bits per heavy atom. The predicted molar refractivity (Wildman–Crippen MR) is 86.8 cm³/mol. The van der Waals surface area contributed by atoms with Crippen molar-refractivity contribution in [3.05, 3.63) is 28.8 Å². The van der Waals surface area contributed by atoms with Crippen molar-refractivity contribution in [2.75, 3.05) is 0 Å². The average Bonchev–Trinajstić information content (AvgIpc) is 2.38. The number of ether oxygens (including phenoxy) is 1. The first kappa shape index (κ1) is 17.8. The Balaban J connectivity index is 2.65. The molecule has 0 bridgehead atoms. The van der Waals surface area contributed by atoms with Crippen LogP contribution >= 0.6 is 11.6 Å². The minimum absolute atomic E-state index is 0.0866. The van der Waals surface area contributed by atoms with Gasteiger partial charge in [0.2, 0.25) is 0 Å². The van der Waals surface area contributed by atoms with E-state index in [4.69, 9.17) is 16.3 Å². The minimum Gasteiger partial charge on any atom is -0.479 e. The molecule has 0 spiro atoms. The molecule has 1 unspecified atom stereocenters. The van der Waals surface area contributed by atoms with Crippen LogP contribution in [0.4, 0.5) is 0 Å². The summed E-state index contributed by atoms with van der Waals surface area (Å²) in [5.41, 5.74) is 1.08. The summed E-state index contributed by atoms with van der Waals surface area (Å²) in [5.74, 6) is 0.378.